The minimum Gasteiger partial charge on any atom is -0.496 e. The number of nitrogens with one attached hydrogen (secondary N) is 1. The van der Waals surface area contributed by atoms with Gasteiger partial charge in [-0.25, -0.2) is 4.39 Å². The third-order valence-corrected chi connectivity index (χ3v) is 7.31. The second-order valence-electron chi connectivity index (χ2n) is 9.45. The van der Waals surface area contributed by atoms with E-state index in [1.807, 2.05) is 54.6 Å². The normalized spacial score (nSPS) is 14.8. The topological polar surface area (TPSA) is 41.6 Å². The van der Waals surface area contributed by atoms with E-state index in [0.717, 1.165) is 66.9 Å². The molecule has 0 aliphatic carbocycles. The summed E-state index contributed by atoms with van der Waals surface area (Å²) in [7, 11) is 1.67. The number of ether oxygens (including phenoxy) is 1. The van der Waals surface area contributed by atoms with Gasteiger partial charge in [-0.1, -0.05) is 67.2 Å². The Bertz CT molecular complexity index is 1150. The third kappa shape index (κ3) is 5.96. The summed E-state index contributed by atoms with van der Waals surface area (Å²) in [6.07, 6.45) is 3.81. The number of hydrogen-bond donors (Lipinski definition) is 1. The molecular weight excluding hydrogens is 451 g/mol. The van der Waals surface area contributed by atoms with E-state index in [9.17, 15) is 9.18 Å². The summed E-state index contributed by atoms with van der Waals surface area (Å²) >= 11 is 0. The van der Waals surface area contributed by atoms with Crippen molar-refractivity contribution in [2.24, 2.45) is 0 Å². The Morgan fingerprint density at radius 2 is 1.64 bits per heavy atom. The monoisotopic (exact) mass is 486 g/mol. The van der Waals surface area contributed by atoms with Crippen LogP contribution in [0.4, 0.5) is 4.39 Å². The number of aryl methyl sites for hydroxylation is 1. The first-order chi connectivity index (χ1) is 17.5. The molecule has 0 saturated carbocycles. The summed E-state index contributed by atoms with van der Waals surface area (Å²) < 4.78 is 18.6. The molecule has 1 amide bonds. The maximum absolute atomic E-state index is 13.7. The summed E-state index contributed by atoms with van der Waals surface area (Å²) in [4.78, 5) is 16.0. The van der Waals surface area contributed by atoms with Crippen molar-refractivity contribution in [3.8, 4) is 5.75 Å². The van der Waals surface area contributed by atoms with Crippen LogP contribution < -0.4 is 10.1 Å². The molecule has 0 aromatic heterocycles. The van der Waals surface area contributed by atoms with Gasteiger partial charge in [0.2, 0.25) is 5.91 Å². The van der Waals surface area contributed by atoms with Crippen molar-refractivity contribution >= 4 is 5.91 Å². The number of hydrogen-bond acceptors (Lipinski definition) is 3. The Morgan fingerprint density at radius 3 is 2.33 bits per heavy atom. The number of methoxy groups -OCH3 is 1. The molecule has 1 saturated heterocycles. The first-order valence-electron chi connectivity index (χ1n) is 12.6. The number of halogens is 1. The molecule has 1 aliphatic rings. The minimum atomic E-state index is -0.560. The number of amides is 1. The van der Waals surface area contributed by atoms with E-state index in [-0.39, 0.29) is 11.7 Å². The quantitative estimate of drug-likeness (QED) is 0.401. The van der Waals surface area contributed by atoms with Crippen LogP contribution in [0.1, 0.15) is 36.0 Å². The maximum atomic E-state index is 13.7. The van der Waals surface area contributed by atoms with Crippen molar-refractivity contribution in [1.29, 1.82) is 0 Å². The van der Waals surface area contributed by atoms with Crippen LogP contribution in [0.15, 0.2) is 91.1 Å². The largest absolute Gasteiger partial charge is 0.496 e. The average molecular weight is 487 g/mol. The van der Waals surface area contributed by atoms with Crippen LogP contribution in [0.25, 0.3) is 0 Å². The van der Waals surface area contributed by atoms with E-state index in [4.69, 9.17) is 4.74 Å². The van der Waals surface area contributed by atoms with Gasteiger partial charge in [0.25, 0.3) is 0 Å². The number of allylic oxidation sites excluding steroid dienone is 1. The lowest BCUT2D eigenvalue weighted by atomic mass is 9.71. The minimum absolute atomic E-state index is 0.0835. The van der Waals surface area contributed by atoms with Gasteiger partial charge in [-0.3, -0.25) is 4.79 Å². The Hall–Kier alpha value is -3.60. The molecule has 1 aliphatic heterocycles. The molecule has 0 bridgehead atoms. The van der Waals surface area contributed by atoms with E-state index >= 15 is 0 Å². The molecule has 0 radical (unpaired) electrons. The average Bonchev–Trinajstić information content (AvgIpc) is 2.93. The molecule has 4 nitrogen and oxygen atoms in total. The highest BCUT2D eigenvalue weighted by molar-refractivity contribution is 5.88. The molecule has 4 rings (SSSR count). The van der Waals surface area contributed by atoms with Crippen LogP contribution in [-0.4, -0.2) is 37.6 Å². The number of piperidine rings is 1. The maximum Gasteiger partial charge on any atom is 0.230 e. The zero-order chi connectivity index (χ0) is 25.4. The number of carbonyl (C=O) groups excluding carboxylic acids is 1. The van der Waals surface area contributed by atoms with Crippen LogP contribution in [0.5, 0.6) is 5.75 Å². The summed E-state index contributed by atoms with van der Waals surface area (Å²) in [5.41, 5.74) is 3.76. The van der Waals surface area contributed by atoms with Crippen LogP contribution in [0, 0.1) is 5.82 Å². The number of likely N-dealkylation sites (tertiary alicyclic amines) is 1. The number of carbonyl (C=O) groups is 1. The zero-order valence-electron chi connectivity index (χ0n) is 21.0. The van der Waals surface area contributed by atoms with Crippen molar-refractivity contribution in [3.63, 3.8) is 0 Å². The van der Waals surface area contributed by atoms with Crippen molar-refractivity contribution in [1.82, 2.24) is 10.2 Å². The van der Waals surface area contributed by atoms with Crippen molar-refractivity contribution in [3.05, 3.63) is 114 Å². The molecule has 3 aromatic carbocycles. The molecule has 3 aromatic rings. The molecule has 5 heteroatoms. The Balaban J connectivity index is 1.38. The predicted molar refractivity (Wildman–Crippen MR) is 142 cm³/mol. The molecule has 36 heavy (non-hydrogen) atoms. The molecular formula is C31H35FN2O2. The number of rotatable bonds is 10. The Labute approximate surface area is 213 Å². The summed E-state index contributed by atoms with van der Waals surface area (Å²) in [5.74, 6) is 0.712. The highest BCUT2D eigenvalue weighted by Crippen LogP contribution is 2.37. The van der Waals surface area contributed by atoms with E-state index in [0.29, 0.717) is 13.0 Å². The molecule has 1 fully saturated rings. The van der Waals surface area contributed by atoms with E-state index in [2.05, 4.69) is 28.9 Å². The SMILES string of the molecule is C=C(CCc1ccc(F)cc1)N1CCC(C(=O)NCCc2ccccc2OC)(c2ccccc2)CC1. The first-order valence-corrected chi connectivity index (χ1v) is 12.6. The van der Waals surface area contributed by atoms with Gasteiger partial charge in [0.1, 0.15) is 11.6 Å². The molecule has 188 valence electrons. The van der Waals surface area contributed by atoms with Gasteiger partial charge >= 0.3 is 0 Å². The number of nitrogens with zero attached hydrogens (tertiary/aromatic N) is 1. The second-order valence-corrected chi connectivity index (χ2v) is 9.45. The standard InChI is InChI=1S/C31H35FN2O2/c1-24(12-13-25-14-16-28(32)17-15-25)34-22-19-31(20-23-34,27-9-4-3-5-10-27)30(35)33-21-18-26-8-6-7-11-29(26)36-2/h3-11,14-17H,1,12-13,18-23H2,2H3,(H,33,35). The van der Waals surface area contributed by atoms with Gasteiger partial charge in [-0.05, 0) is 67.0 Å². The highest BCUT2D eigenvalue weighted by Gasteiger charge is 2.42. The lowest BCUT2D eigenvalue weighted by molar-refractivity contribution is -0.128. The molecule has 1 N–H and O–H groups in total. The van der Waals surface area contributed by atoms with E-state index in [1.165, 1.54) is 12.1 Å². The predicted octanol–water partition coefficient (Wildman–Crippen LogP) is 5.67. The van der Waals surface area contributed by atoms with Gasteiger partial charge in [-0.2, -0.15) is 0 Å². The summed E-state index contributed by atoms with van der Waals surface area (Å²) in [6.45, 7) is 6.42. The van der Waals surface area contributed by atoms with Gasteiger partial charge in [-0.15, -0.1) is 0 Å². The van der Waals surface area contributed by atoms with Crippen LogP contribution in [0.2, 0.25) is 0 Å². The fourth-order valence-electron chi connectivity index (χ4n) is 5.10. The second kappa shape index (κ2) is 11.9. The third-order valence-electron chi connectivity index (χ3n) is 7.31. The van der Waals surface area contributed by atoms with Gasteiger partial charge < -0.3 is 15.0 Å². The fraction of sp³-hybridized carbons (Fsp3) is 0.323. The first kappa shape index (κ1) is 25.5. The van der Waals surface area contributed by atoms with Crippen LogP contribution >= 0.6 is 0 Å². The lowest BCUT2D eigenvalue weighted by Crippen LogP contribution is -2.51. The molecule has 0 atom stereocenters. The Morgan fingerprint density at radius 1 is 0.972 bits per heavy atom. The van der Waals surface area contributed by atoms with Gasteiger partial charge in [0.15, 0.2) is 0 Å². The Kier molecular flexibility index (Phi) is 8.42. The fourth-order valence-corrected chi connectivity index (χ4v) is 5.10. The molecule has 1 heterocycles. The van der Waals surface area contributed by atoms with Crippen LogP contribution in [-0.2, 0) is 23.1 Å². The van der Waals surface area contributed by atoms with Crippen molar-refractivity contribution in [2.45, 2.75) is 37.5 Å². The zero-order valence-corrected chi connectivity index (χ0v) is 21.0. The molecule has 0 unspecified atom stereocenters. The number of para-hydroxylation sites is 1. The molecule has 0 spiro atoms. The lowest BCUT2D eigenvalue weighted by Gasteiger charge is -2.42. The summed E-state index contributed by atoms with van der Waals surface area (Å²) in [5, 5.41) is 3.22. The van der Waals surface area contributed by atoms with Crippen molar-refractivity contribution in [2.75, 3.05) is 26.7 Å². The van der Waals surface area contributed by atoms with Gasteiger partial charge in [0, 0.05) is 25.3 Å². The van der Waals surface area contributed by atoms with E-state index < -0.39 is 5.41 Å². The van der Waals surface area contributed by atoms with Gasteiger partial charge in [0.05, 0.1) is 12.5 Å². The van der Waals surface area contributed by atoms with Crippen molar-refractivity contribution < 1.29 is 13.9 Å². The number of benzene rings is 3. The smallest absolute Gasteiger partial charge is 0.230 e. The van der Waals surface area contributed by atoms with Crippen LogP contribution in [0.3, 0.4) is 0 Å². The highest BCUT2D eigenvalue weighted by atomic mass is 19.1. The summed E-state index contributed by atoms with van der Waals surface area (Å²) in [6, 6.07) is 24.7. The van der Waals surface area contributed by atoms with E-state index in [1.54, 1.807) is 7.11 Å².